The summed E-state index contributed by atoms with van der Waals surface area (Å²) in [6.07, 6.45) is 3.06. The maximum absolute atomic E-state index is 14.6. The molecule has 2 aromatic heterocycles. The fourth-order valence-electron chi connectivity index (χ4n) is 3.66. The zero-order chi connectivity index (χ0) is 24.1. The van der Waals surface area contributed by atoms with Crippen LogP contribution in [0.15, 0.2) is 61.1 Å². The number of ether oxygens (including phenoxy) is 2. The SMILES string of the molecule is CC#C[C@@H](CC(=O)O)c1ccc(OCc2cc(-c3cc(OC)ccc3F)cn3ncnc23)cc1. The summed E-state index contributed by atoms with van der Waals surface area (Å²) in [6.45, 7) is 1.86. The zero-order valence-electron chi connectivity index (χ0n) is 18.7. The van der Waals surface area contributed by atoms with Crippen LogP contribution in [0, 0.1) is 17.7 Å². The first-order valence-corrected chi connectivity index (χ1v) is 10.5. The minimum absolute atomic E-state index is 0.0699. The monoisotopic (exact) mass is 459 g/mol. The Morgan fingerprint density at radius 1 is 1.18 bits per heavy atom. The number of benzene rings is 2. The highest BCUT2D eigenvalue weighted by atomic mass is 19.1. The summed E-state index contributed by atoms with van der Waals surface area (Å²) in [5.74, 6) is 5.18. The van der Waals surface area contributed by atoms with Crippen molar-refractivity contribution in [3.05, 3.63) is 78.0 Å². The van der Waals surface area contributed by atoms with Crippen molar-refractivity contribution >= 4 is 11.6 Å². The van der Waals surface area contributed by atoms with Gasteiger partial charge in [-0.1, -0.05) is 18.1 Å². The van der Waals surface area contributed by atoms with E-state index in [0.717, 1.165) is 11.1 Å². The van der Waals surface area contributed by atoms with Crippen molar-refractivity contribution < 1.29 is 23.8 Å². The van der Waals surface area contributed by atoms with Crippen LogP contribution in [0.3, 0.4) is 0 Å². The normalized spacial score (nSPS) is 11.5. The lowest BCUT2D eigenvalue weighted by Crippen LogP contribution is -2.05. The number of hydrogen-bond acceptors (Lipinski definition) is 5. The molecule has 2 aromatic carbocycles. The van der Waals surface area contributed by atoms with Gasteiger partial charge in [-0.3, -0.25) is 4.79 Å². The van der Waals surface area contributed by atoms with Crippen LogP contribution < -0.4 is 9.47 Å². The summed E-state index contributed by atoms with van der Waals surface area (Å²) in [5.41, 5.74) is 3.12. The van der Waals surface area contributed by atoms with Crippen molar-refractivity contribution in [1.29, 1.82) is 0 Å². The van der Waals surface area contributed by atoms with Gasteiger partial charge >= 0.3 is 5.97 Å². The molecule has 1 N–H and O–H groups in total. The number of aliphatic carboxylic acids is 1. The Morgan fingerprint density at radius 2 is 1.94 bits per heavy atom. The van der Waals surface area contributed by atoms with Gasteiger partial charge in [-0.25, -0.2) is 13.9 Å². The highest BCUT2D eigenvalue weighted by Gasteiger charge is 2.15. The smallest absolute Gasteiger partial charge is 0.304 e. The number of halogens is 1. The van der Waals surface area contributed by atoms with E-state index in [1.54, 1.807) is 41.9 Å². The quantitative estimate of drug-likeness (QED) is 0.384. The van der Waals surface area contributed by atoms with Crippen LogP contribution >= 0.6 is 0 Å². The lowest BCUT2D eigenvalue weighted by molar-refractivity contribution is -0.137. The van der Waals surface area contributed by atoms with Crippen LogP contribution in [-0.2, 0) is 11.4 Å². The van der Waals surface area contributed by atoms with E-state index in [9.17, 15) is 9.18 Å². The van der Waals surface area contributed by atoms with Crippen LogP contribution in [0.25, 0.3) is 16.8 Å². The second-order valence-corrected chi connectivity index (χ2v) is 7.53. The van der Waals surface area contributed by atoms with Crippen LogP contribution in [0.5, 0.6) is 11.5 Å². The number of pyridine rings is 1. The molecule has 8 heteroatoms. The first-order chi connectivity index (χ1) is 16.5. The Hall–Kier alpha value is -4.38. The lowest BCUT2D eigenvalue weighted by Gasteiger charge is -2.12. The van der Waals surface area contributed by atoms with Gasteiger partial charge in [0.05, 0.1) is 19.4 Å². The maximum atomic E-state index is 14.6. The summed E-state index contributed by atoms with van der Waals surface area (Å²) < 4.78 is 27.3. The second-order valence-electron chi connectivity index (χ2n) is 7.53. The summed E-state index contributed by atoms with van der Waals surface area (Å²) >= 11 is 0. The van der Waals surface area contributed by atoms with Gasteiger partial charge in [0.2, 0.25) is 0 Å². The van der Waals surface area contributed by atoms with E-state index in [2.05, 4.69) is 21.9 Å². The van der Waals surface area contributed by atoms with Gasteiger partial charge in [-0.05, 0) is 48.9 Å². The molecule has 0 bridgehead atoms. The van der Waals surface area contributed by atoms with E-state index in [0.29, 0.717) is 28.3 Å². The fraction of sp³-hybridized carbons (Fsp3) is 0.192. The van der Waals surface area contributed by atoms with Gasteiger partial charge in [0.25, 0.3) is 0 Å². The Balaban J connectivity index is 1.59. The molecule has 1 atom stereocenters. The molecule has 4 rings (SSSR count). The molecule has 0 aliphatic heterocycles. The summed E-state index contributed by atoms with van der Waals surface area (Å²) in [4.78, 5) is 15.4. The lowest BCUT2D eigenvalue weighted by atomic mass is 9.96. The molecule has 0 saturated carbocycles. The number of carboxylic acids is 1. The Labute approximate surface area is 195 Å². The molecule has 0 aliphatic rings. The molecule has 2 heterocycles. The summed E-state index contributed by atoms with van der Waals surface area (Å²) in [6, 6.07) is 13.5. The van der Waals surface area contributed by atoms with Crippen LogP contribution in [-0.4, -0.2) is 32.8 Å². The number of carbonyl (C=O) groups is 1. The molecule has 0 aliphatic carbocycles. The van der Waals surface area contributed by atoms with E-state index in [1.807, 2.05) is 18.2 Å². The first-order valence-electron chi connectivity index (χ1n) is 10.5. The van der Waals surface area contributed by atoms with Crippen LogP contribution in [0.1, 0.15) is 30.4 Å². The van der Waals surface area contributed by atoms with Crippen molar-refractivity contribution in [2.24, 2.45) is 0 Å². The van der Waals surface area contributed by atoms with E-state index in [1.165, 1.54) is 19.5 Å². The third kappa shape index (κ3) is 4.99. The standard InChI is InChI=1S/C26H22FN3O4/c1-3-4-18(12-25(31)32)17-5-7-21(8-6-17)34-15-20-11-19(14-30-26(20)28-16-29-30)23-13-22(33-2)9-10-24(23)27/h5-11,13-14,16,18H,12,15H2,1-2H3,(H,31,32)/t18-/m0/s1. The topological polar surface area (TPSA) is 86.0 Å². The van der Waals surface area contributed by atoms with Crippen molar-refractivity contribution in [3.8, 4) is 34.5 Å². The number of fused-ring (bicyclic) bond motifs is 1. The number of rotatable bonds is 8. The molecule has 0 unspecified atom stereocenters. The van der Waals surface area contributed by atoms with Gasteiger partial charge in [-0.15, -0.1) is 5.92 Å². The Bertz CT molecular complexity index is 1390. The van der Waals surface area contributed by atoms with E-state index in [-0.39, 0.29) is 24.8 Å². The van der Waals surface area contributed by atoms with E-state index >= 15 is 0 Å². The molecule has 4 aromatic rings. The zero-order valence-corrected chi connectivity index (χ0v) is 18.7. The minimum Gasteiger partial charge on any atom is -0.497 e. The molecule has 0 radical (unpaired) electrons. The highest BCUT2D eigenvalue weighted by molar-refractivity contribution is 5.69. The molecular weight excluding hydrogens is 437 g/mol. The van der Waals surface area contributed by atoms with Crippen molar-refractivity contribution in [2.75, 3.05) is 7.11 Å². The summed E-state index contributed by atoms with van der Waals surface area (Å²) in [5, 5.41) is 13.3. The predicted octanol–water partition coefficient (Wildman–Crippen LogP) is 4.70. The van der Waals surface area contributed by atoms with Crippen LogP contribution in [0.4, 0.5) is 4.39 Å². The highest BCUT2D eigenvalue weighted by Crippen LogP contribution is 2.29. The number of aromatic nitrogens is 3. The second kappa shape index (κ2) is 10.0. The fourth-order valence-corrected chi connectivity index (χ4v) is 3.66. The predicted molar refractivity (Wildman–Crippen MR) is 124 cm³/mol. The third-order valence-electron chi connectivity index (χ3n) is 5.31. The molecule has 0 spiro atoms. The molecule has 0 saturated heterocycles. The minimum atomic E-state index is -0.905. The average Bonchev–Trinajstić information content (AvgIpc) is 3.31. The van der Waals surface area contributed by atoms with Gasteiger partial charge in [0.1, 0.15) is 30.3 Å². The molecule has 0 fully saturated rings. The molecular formula is C26H22FN3O4. The van der Waals surface area contributed by atoms with E-state index < -0.39 is 5.97 Å². The molecule has 0 amide bonds. The van der Waals surface area contributed by atoms with Crippen LogP contribution in [0.2, 0.25) is 0 Å². The Morgan fingerprint density at radius 3 is 2.65 bits per heavy atom. The first kappa shape index (κ1) is 22.8. The number of hydrogen-bond donors (Lipinski definition) is 1. The van der Waals surface area contributed by atoms with Crippen molar-refractivity contribution in [2.45, 2.75) is 25.9 Å². The van der Waals surface area contributed by atoms with Gasteiger partial charge in [0, 0.05) is 22.9 Å². The van der Waals surface area contributed by atoms with Crippen molar-refractivity contribution in [1.82, 2.24) is 14.6 Å². The number of carboxylic acid groups (broad SMARTS) is 1. The third-order valence-corrected chi connectivity index (χ3v) is 5.31. The summed E-state index contributed by atoms with van der Waals surface area (Å²) in [7, 11) is 1.53. The Kier molecular flexibility index (Phi) is 6.74. The molecule has 172 valence electrons. The molecule has 7 nitrogen and oxygen atoms in total. The largest absolute Gasteiger partial charge is 0.497 e. The van der Waals surface area contributed by atoms with Gasteiger partial charge in [0.15, 0.2) is 5.65 Å². The molecule has 34 heavy (non-hydrogen) atoms. The average molecular weight is 459 g/mol. The van der Waals surface area contributed by atoms with Gasteiger partial charge < -0.3 is 14.6 Å². The van der Waals surface area contributed by atoms with E-state index in [4.69, 9.17) is 14.6 Å². The van der Waals surface area contributed by atoms with Gasteiger partial charge in [-0.2, -0.15) is 5.10 Å². The maximum Gasteiger partial charge on any atom is 0.304 e. The van der Waals surface area contributed by atoms with Crippen molar-refractivity contribution in [3.63, 3.8) is 0 Å². The number of nitrogens with zero attached hydrogens (tertiary/aromatic N) is 3. The number of methoxy groups -OCH3 is 1.